The Morgan fingerprint density at radius 1 is 0.963 bits per heavy atom. The first-order valence-electron chi connectivity index (χ1n) is 8.38. The van der Waals surface area contributed by atoms with E-state index < -0.39 is 5.91 Å². The van der Waals surface area contributed by atoms with E-state index in [2.05, 4.69) is 20.3 Å². The number of aromatic nitrogens is 3. The van der Waals surface area contributed by atoms with Gasteiger partial charge in [0.25, 0.3) is 0 Å². The quantitative estimate of drug-likeness (QED) is 0.438. The molecule has 134 valence electrons. The van der Waals surface area contributed by atoms with Gasteiger partial charge in [0, 0.05) is 30.1 Å². The fraction of sp³-hybridized carbons (Fsp3) is 0.0500. The number of hydrogen-bond acceptors (Lipinski definition) is 4. The topological polar surface area (TPSA) is 117 Å². The number of carbonyl (C=O) groups is 1. The number of hydrogen-bond donors (Lipinski definition) is 4. The van der Waals surface area contributed by atoms with Gasteiger partial charge in [-0.15, -0.1) is 0 Å². The van der Waals surface area contributed by atoms with Crippen molar-refractivity contribution in [1.29, 1.82) is 0 Å². The number of rotatable bonds is 5. The summed E-state index contributed by atoms with van der Waals surface area (Å²) in [7, 11) is 0. The summed E-state index contributed by atoms with van der Waals surface area (Å²) in [5, 5.41) is 3.32. The number of anilines is 1. The predicted octanol–water partition coefficient (Wildman–Crippen LogP) is 2.63. The molecule has 0 saturated carbocycles. The molecular formula is C20H17N5O2. The molecule has 0 fully saturated rings. The van der Waals surface area contributed by atoms with E-state index in [0.717, 1.165) is 33.4 Å². The number of benzene rings is 2. The molecule has 7 nitrogen and oxygen atoms in total. The maximum Gasteiger partial charge on any atom is 0.323 e. The van der Waals surface area contributed by atoms with Gasteiger partial charge >= 0.3 is 5.69 Å². The molecule has 4 aromatic rings. The zero-order valence-corrected chi connectivity index (χ0v) is 14.3. The Morgan fingerprint density at radius 2 is 1.74 bits per heavy atom. The molecule has 4 rings (SSSR count). The van der Waals surface area contributed by atoms with E-state index in [0.29, 0.717) is 12.1 Å². The standard InChI is InChI=1S/C20H17N5O2/c21-19(26)13-3-1-12(2-4-13)9-23-16-7-15(10-22-11-16)14-5-6-17-18(8-14)25-20(27)24-17/h1-8,10-11,23H,9H2,(H2,21,26)(H2,24,25,27). The number of fused-ring (bicyclic) bond motifs is 1. The average Bonchev–Trinajstić information content (AvgIpc) is 3.06. The molecule has 0 aliphatic carbocycles. The van der Waals surface area contributed by atoms with Crippen LogP contribution in [-0.2, 0) is 6.54 Å². The van der Waals surface area contributed by atoms with Crippen molar-refractivity contribution in [3.63, 3.8) is 0 Å². The molecule has 0 radical (unpaired) electrons. The number of H-pyrrole nitrogens is 2. The predicted molar refractivity (Wildman–Crippen MR) is 104 cm³/mol. The SMILES string of the molecule is NC(=O)c1ccc(CNc2cncc(-c3ccc4[nH]c(=O)[nH]c4c3)c2)cc1. The van der Waals surface area contributed by atoms with Crippen LogP contribution in [0.1, 0.15) is 15.9 Å². The Kier molecular flexibility index (Phi) is 4.18. The molecule has 27 heavy (non-hydrogen) atoms. The molecule has 0 aliphatic heterocycles. The number of primary amides is 1. The number of amides is 1. The monoisotopic (exact) mass is 359 g/mol. The fourth-order valence-electron chi connectivity index (χ4n) is 2.90. The van der Waals surface area contributed by atoms with Crippen LogP contribution in [-0.4, -0.2) is 20.9 Å². The van der Waals surface area contributed by atoms with Gasteiger partial charge in [0.05, 0.1) is 16.7 Å². The second-order valence-electron chi connectivity index (χ2n) is 6.22. The van der Waals surface area contributed by atoms with Crippen molar-refractivity contribution in [2.45, 2.75) is 6.54 Å². The molecule has 7 heteroatoms. The minimum absolute atomic E-state index is 0.224. The van der Waals surface area contributed by atoms with E-state index in [1.165, 1.54) is 0 Å². The van der Waals surface area contributed by atoms with Gasteiger partial charge in [-0.1, -0.05) is 18.2 Å². The fourth-order valence-corrected chi connectivity index (χ4v) is 2.90. The van der Waals surface area contributed by atoms with Crippen molar-refractivity contribution < 1.29 is 4.79 Å². The van der Waals surface area contributed by atoms with E-state index in [-0.39, 0.29) is 5.69 Å². The summed E-state index contributed by atoms with van der Waals surface area (Å²) in [6, 6.07) is 14.9. The highest BCUT2D eigenvalue weighted by molar-refractivity contribution is 5.92. The number of pyridine rings is 1. The lowest BCUT2D eigenvalue weighted by molar-refractivity contribution is 0.100. The molecule has 5 N–H and O–H groups in total. The smallest absolute Gasteiger partial charge is 0.323 e. The third kappa shape index (κ3) is 3.57. The number of nitrogens with one attached hydrogen (secondary N) is 3. The molecule has 1 amide bonds. The van der Waals surface area contributed by atoms with Crippen molar-refractivity contribution in [3.8, 4) is 11.1 Å². The number of carbonyl (C=O) groups excluding carboxylic acids is 1. The van der Waals surface area contributed by atoms with Gasteiger partial charge < -0.3 is 21.0 Å². The van der Waals surface area contributed by atoms with Crippen molar-refractivity contribution >= 4 is 22.6 Å². The first-order chi connectivity index (χ1) is 13.1. The van der Waals surface area contributed by atoms with Crippen molar-refractivity contribution in [3.05, 3.63) is 82.5 Å². The maximum atomic E-state index is 11.4. The van der Waals surface area contributed by atoms with Gasteiger partial charge in [0.2, 0.25) is 5.91 Å². The van der Waals surface area contributed by atoms with Crippen LogP contribution >= 0.6 is 0 Å². The first-order valence-corrected chi connectivity index (χ1v) is 8.38. The second kappa shape index (κ2) is 6.80. The molecule has 0 saturated heterocycles. The number of imidazole rings is 1. The average molecular weight is 359 g/mol. The highest BCUT2D eigenvalue weighted by Gasteiger charge is 2.05. The molecule has 0 atom stereocenters. The first kappa shape index (κ1) is 16.6. The number of nitrogens with zero attached hydrogens (tertiary/aromatic N) is 1. The Bertz CT molecular complexity index is 1170. The molecular weight excluding hydrogens is 342 g/mol. The molecule has 0 spiro atoms. The minimum atomic E-state index is -0.438. The molecule has 0 bridgehead atoms. The molecule has 2 aromatic heterocycles. The van der Waals surface area contributed by atoms with Crippen molar-refractivity contribution in [2.24, 2.45) is 5.73 Å². The van der Waals surface area contributed by atoms with Crippen molar-refractivity contribution in [2.75, 3.05) is 5.32 Å². The Morgan fingerprint density at radius 3 is 2.52 bits per heavy atom. The van der Waals surface area contributed by atoms with Gasteiger partial charge in [0.15, 0.2) is 0 Å². The van der Waals surface area contributed by atoms with E-state index >= 15 is 0 Å². The molecule has 2 aromatic carbocycles. The van der Waals surface area contributed by atoms with Crippen LogP contribution in [0, 0.1) is 0 Å². The van der Waals surface area contributed by atoms with Crippen molar-refractivity contribution in [1.82, 2.24) is 15.0 Å². The molecule has 2 heterocycles. The highest BCUT2D eigenvalue weighted by Crippen LogP contribution is 2.24. The van der Waals surface area contributed by atoms with E-state index in [1.54, 1.807) is 24.5 Å². The van der Waals surface area contributed by atoms with Gasteiger partial charge in [0.1, 0.15) is 0 Å². The summed E-state index contributed by atoms with van der Waals surface area (Å²) in [5.74, 6) is -0.438. The second-order valence-corrected chi connectivity index (χ2v) is 6.22. The van der Waals surface area contributed by atoms with Crippen LogP contribution in [0.15, 0.2) is 65.7 Å². The lowest BCUT2D eigenvalue weighted by Gasteiger charge is -2.09. The zero-order valence-electron chi connectivity index (χ0n) is 14.3. The summed E-state index contributed by atoms with van der Waals surface area (Å²) in [6.07, 6.45) is 3.52. The van der Waals surface area contributed by atoms with Crippen LogP contribution in [0.4, 0.5) is 5.69 Å². The van der Waals surface area contributed by atoms with Crippen LogP contribution in [0.25, 0.3) is 22.2 Å². The summed E-state index contributed by atoms with van der Waals surface area (Å²) < 4.78 is 0. The van der Waals surface area contributed by atoms with Gasteiger partial charge in [-0.25, -0.2) is 4.79 Å². The van der Waals surface area contributed by atoms with Crippen LogP contribution in [0.5, 0.6) is 0 Å². The maximum absolute atomic E-state index is 11.4. The summed E-state index contributed by atoms with van der Waals surface area (Å²) >= 11 is 0. The third-order valence-electron chi connectivity index (χ3n) is 4.32. The highest BCUT2D eigenvalue weighted by atomic mass is 16.1. The summed E-state index contributed by atoms with van der Waals surface area (Å²) in [6.45, 7) is 0.592. The van der Waals surface area contributed by atoms with E-state index in [1.807, 2.05) is 36.4 Å². The molecule has 0 aliphatic rings. The summed E-state index contributed by atoms with van der Waals surface area (Å²) in [4.78, 5) is 32.3. The molecule has 0 unspecified atom stereocenters. The van der Waals surface area contributed by atoms with E-state index in [9.17, 15) is 9.59 Å². The number of nitrogens with two attached hydrogens (primary N) is 1. The van der Waals surface area contributed by atoms with Gasteiger partial charge in [-0.2, -0.15) is 0 Å². The van der Waals surface area contributed by atoms with Crippen LogP contribution < -0.4 is 16.7 Å². The third-order valence-corrected chi connectivity index (χ3v) is 4.32. The zero-order chi connectivity index (χ0) is 18.8. The lowest BCUT2D eigenvalue weighted by atomic mass is 10.1. The Balaban J connectivity index is 1.52. The largest absolute Gasteiger partial charge is 0.380 e. The van der Waals surface area contributed by atoms with Gasteiger partial charge in [-0.05, 0) is 41.5 Å². The van der Waals surface area contributed by atoms with Gasteiger partial charge in [-0.3, -0.25) is 9.78 Å². The van der Waals surface area contributed by atoms with Crippen LogP contribution in [0.2, 0.25) is 0 Å². The van der Waals surface area contributed by atoms with Crippen LogP contribution in [0.3, 0.4) is 0 Å². The lowest BCUT2D eigenvalue weighted by Crippen LogP contribution is -2.10. The minimum Gasteiger partial charge on any atom is -0.380 e. The summed E-state index contributed by atoms with van der Waals surface area (Å²) in [5.41, 5.74) is 10.8. The van der Waals surface area contributed by atoms with E-state index in [4.69, 9.17) is 5.73 Å². The Hall–Kier alpha value is -3.87. The Labute approximate surface area is 154 Å². The normalized spacial score (nSPS) is 10.8. The number of aromatic amines is 2.